The third-order valence-electron chi connectivity index (χ3n) is 2.46. The molecular formula is C15H10ClNO2. The molecule has 3 nitrogen and oxygen atoms in total. The molecule has 19 heavy (non-hydrogen) atoms. The second-order valence-electron chi connectivity index (χ2n) is 3.92. The summed E-state index contributed by atoms with van der Waals surface area (Å²) in [4.78, 5) is 11.7. The van der Waals surface area contributed by atoms with Crippen LogP contribution in [0.1, 0.15) is 11.1 Å². The van der Waals surface area contributed by atoms with Gasteiger partial charge in [-0.1, -0.05) is 29.8 Å². The van der Waals surface area contributed by atoms with Crippen molar-refractivity contribution in [2.24, 2.45) is 0 Å². The van der Waals surface area contributed by atoms with E-state index in [2.05, 4.69) is 0 Å². The number of carbonyl (C=O) groups is 1. The summed E-state index contributed by atoms with van der Waals surface area (Å²) in [6.07, 6.45) is 0.161. The Labute approximate surface area is 116 Å². The summed E-state index contributed by atoms with van der Waals surface area (Å²) < 4.78 is 5.17. The summed E-state index contributed by atoms with van der Waals surface area (Å²) in [7, 11) is 0. The zero-order chi connectivity index (χ0) is 13.7. The zero-order valence-electron chi connectivity index (χ0n) is 9.97. The summed E-state index contributed by atoms with van der Waals surface area (Å²) in [5.41, 5.74) is 1.28. The minimum Gasteiger partial charge on any atom is -0.426 e. The molecule has 0 heterocycles. The van der Waals surface area contributed by atoms with Crippen LogP contribution < -0.4 is 4.74 Å². The number of ether oxygens (including phenoxy) is 1. The molecule has 0 saturated carbocycles. The first kappa shape index (κ1) is 13.1. The van der Waals surface area contributed by atoms with E-state index in [1.807, 2.05) is 6.07 Å². The summed E-state index contributed by atoms with van der Waals surface area (Å²) >= 11 is 5.76. The van der Waals surface area contributed by atoms with E-state index < -0.39 is 0 Å². The molecule has 0 aliphatic carbocycles. The first-order valence-corrected chi connectivity index (χ1v) is 6.00. The average molecular weight is 272 g/mol. The van der Waals surface area contributed by atoms with Crippen LogP contribution in [0.4, 0.5) is 0 Å². The fourth-order valence-corrected chi connectivity index (χ4v) is 1.69. The maximum atomic E-state index is 11.7. The number of hydrogen-bond donors (Lipinski definition) is 0. The Hall–Kier alpha value is -2.31. The van der Waals surface area contributed by atoms with Crippen molar-refractivity contribution in [3.8, 4) is 11.8 Å². The van der Waals surface area contributed by atoms with E-state index in [0.717, 1.165) is 5.56 Å². The van der Waals surface area contributed by atoms with Crippen molar-refractivity contribution >= 4 is 17.6 Å². The third kappa shape index (κ3) is 3.84. The lowest BCUT2D eigenvalue weighted by molar-refractivity contribution is -0.133. The molecule has 0 bridgehead atoms. The molecule has 94 valence electrons. The molecule has 4 heteroatoms. The van der Waals surface area contributed by atoms with Crippen LogP contribution in [0.2, 0.25) is 5.02 Å². The van der Waals surface area contributed by atoms with Gasteiger partial charge in [-0.15, -0.1) is 0 Å². The van der Waals surface area contributed by atoms with Gasteiger partial charge in [0.15, 0.2) is 0 Å². The van der Waals surface area contributed by atoms with Crippen LogP contribution in [0.15, 0.2) is 48.5 Å². The van der Waals surface area contributed by atoms with Crippen LogP contribution in [0.5, 0.6) is 5.75 Å². The van der Waals surface area contributed by atoms with Gasteiger partial charge in [0.2, 0.25) is 0 Å². The molecule has 0 atom stereocenters. The maximum Gasteiger partial charge on any atom is 0.315 e. The summed E-state index contributed by atoms with van der Waals surface area (Å²) in [5, 5.41) is 9.38. The SMILES string of the molecule is N#Cc1cccc(OC(=O)Cc2ccc(Cl)cc2)c1. The van der Waals surface area contributed by atoms with Gasteiger partial charge in [-0.25, -0.2) is 0 Å². The smallest absolute Gasteiger partial charge is 0.315 e. The maximum absolute atomic E-state index is 11.7. The quantitative estimate of drug-likeness (QED) is 0.635. The minimum atomic E-state index is -0.377. The van der Waals surface area contributed by atoms with E-state index in [0.29, 0.717) is 16.3 Å². The van der Waals surface area contributed by atoms with Crippen molar-refractivity contribution < 1.29 is 9.53 Å². The predicted octanol–water partition coefficient (Wildman–Crippen LogP) is 3.36. The fraction of sp³-hybridized carbons (Fsp3) is 0.0667. The lowest BCUT2D eigenvalue weighted by Crippen LogP contribution is -2.11. The second kappa shape index (κ2) is 6.03. The lowest BCUT2D eigenvalue weighted by Gasteiger charge is -2.04. The molecule has 0 amide bonds. The number of nitrogens with zero attached hydrogens (tertiary/aromatic N) is 1. The van der Waals surface area contributed by atoms with Crippen LogP contribution in [0.25, 0.3) is 0 Å². The number of rotatable bonds is 3. The summed E-state index contributed by atoms with van der Waals surface area (Å²) in [6.45, 7) is 0. The van der Waals surface area contributed by atoms with Crippen LogP contribution in [-0.2, 0) is 11.2 Å². The molecule has 0 N–H and O–H groups in total. The first-order valence-electron chi connectivity index (χ1n) is 5.62. The Kier molecular flexibility index (Phi) is 4.17. The molecule has 0 spiro atoms. The van der Waals surface area contributed by atoms with Crippen molar-refractivity contribution in [2.75, 3.05) is 0 Å². The lowest BCUT2D eigenvalue weighted by atomic mass is 10.1. The Morgan fingerprint density at radius 1 is 1.21 bits per heavy atom. The Bertz CT molecular complexity index is 629. The van der Waals surface area contributed by atoms with Crippen molar-refractivity contribution in [1.82, 2.24) is 0 Å². The molecule has 0 saturated heterocycles. The molecule has 0 unspecified atom stereocenters. The number of carbonyl (C=O) groups excluding carboxylic acids is 1. The van der Waals surface area contributed by atoms with Gasteiger partial charge in [0.05, 0.1) is 18.1 Å². The van der Waals surface area contributed by atoms with E-state index in [-0.39, 0.29) is 12.4 Å². The van der Waals surface area contributed by atoms with Gasteiger partial charge in [0, 0.05) is 5.02 Å². The van der Waals surface area contributed by atoms with E-state index in [9.17, 15) is 4.79 Å². The van der Waals surface area contributed by atoms with Crippen molar-refractivity contribution in [3.05, 3.63) is 64.7 Å². The standard InChI is InChI=1S/C15H10ClNO2/c16-13-6-4-11(5-7-13)9-15(18)19-14-3-1-2-12(8-14)10-17/h1-8H,9H2. The van der Waals surface area contributed by atoms with Gasteiger partial charge in [0.1, 0.15) is 5.75 Å². The van der Waals surface area contributed by atoms with Crippen molar-refractivity contribution in [2.45, 2.75) is 6.42 Å². The van der Waals surface area contributed by atoms with Crippen LogP contribution in [0.3, 0.4) is 0 Å². The predicted molar refractivity (Wildman–Crippen MR) is 71.9 cm³/mol. The monoisotopic (exact) mass is 271 g/mol. The van der Waals surface area contributed by atoms with E-state index in [1.165, 1.54) is 6.07 Å². The summed E-state index contributed by atoms with van der Waals surface area (Å²) in [6, 6.07) is 15.5. The Morgan fingerprint density at radius 2 is 1.95 bits per heavy atom. The highest BCUT2D eigenvalue weighted by Gasteiger charge is 2.07. The molecule has 0 fully saturated rings. The van der Waals surface area contributed by atoms with E-state index in [4.69, 9.17) is 21.6 Å². The number of benzene rings is 2. The number of nitriles is 1. The van der Waals surface area contributed by atoms with Crippen LogP contribution in [-0.4, -0.2) is 5.97 Å². The zero-order valence-corrected chi connectivity index (χ0v) is 10.7. The van der Waals surface area contributed by atoms with E-state index >= 15 is 0 Å². The largest absolute Gasteiger partial charge is 0.426 e. The minimum absolute atomic E-state index is 0.161. The number of hydrogen-bond acceptors (Lipinski definition) is 3. The topological polar surface area (TPSA) is 50.1 Å². The highest BCUT2D eigenvalue weighted by molar-refractivity contribution is 6.30. The molecule has 0 aromatic heterocycles. The second-order valence-corrected chi connectivity index (χ2v) is 4.35. The highest BCUT2D eigenvalue weighted by atomic mass is 35.5. The Morgan fingerprint density at radius 3 is 2.63 bits per heavy atom. The van der Waals surface area contributed by atoms with Crippen LogP contribution >= 0.6 is 11.6 Å². The van der Waals surface area contributed by atoms with Crippen LogP contribution in [0, 0.1) is 11.3 Å². The highest BCUT2D eigenvalue weighted by Crippen LogP contribution is 2.14. The average Bonchev–Trinajstić information content (AvgIpc) is 2.41. The van der Waals surface area contributed by atoms with Gasteiger partial charge < -0.3 is 4.74 Å². The van der Waals surface area contributed by atoms with Gasteiger partial charge in [-0.2, -0.15) is 5.26 Å². The van der Waals surface area contributed by atoms with Gasteiger partial charge in [-0.05, 0) is 35.9 Å². The van der Waals surface area contributed by atoms with Gasteiger partial charge >= 0.3 is 5.97 Å². The van der Waals surface area contributed by atoms with Gasteiger partial charge in [0.25, 0.3) is 0 Å². The van der Waals surface area contributed by atoms with Crippen molar-refractivity contribution in [3.63, 3.8) is 0 Å². The normalized spacial score (nSPS) is 9.68. The van der Waals surface area contributed by atoms with Crippen molar-refractivity contribution in [1.29, 1.82) is 5.26 Å². The first-order chi connectivity index (χ1) is 9.17. The Balaban J connectivity index is 2.01. The molecule has 2 aromatic carbocycles. The molecule has 0 aliphatic rings. The molecule has 2 aromatic rings. The third-order valence-corrected chi connectivity index (χ3v) is 2.71. The summed E-state index contributed by atoms with van der Waals surface area (Å²) in [5.74, 6) is -0.00424. The molecule has 2 rings (SSSR count). The molecule has 0 aliphatic heterocycles. The number of esters is 1. The fourth-order valence-electron chi connectivity index (χ4n) is 1.57. The van der Waals surface area contributed by atoms with Gasteiger partial charge in [-0.3, -0.25) is 4.79 Å². The van der Waals surface area contributed by atoms with E-state index in [1.54, 1.807) is 42.5 Å². The molecule has 0 radical (unpaired) electrons. The molecular weight excluding hydrogens is 262 g/mol. The number of halogens is 1.